The molecule has 2 aromatic rings. The van der Waals surface area contributed by atoms with E-state index in [4.69, 9.17) is 16.3 Å². The molecule has 2 N–H and O–H groups in total. The first kappa shape index (κ1) is 19.5. The molecule has 2 rings (SSSR count). The van der Waals surface area contributed by atoms with Crippen molar-refractivity contribution in [3.8, 4) is 5.75 Å². The fourth-order valence-corrected chi connectivity index (χ4v) is 2.80. The smallest absolute Gasteiger partial charge is 0.288 e. The maximum absolute atomic E-state index is 12.3. The average Bonchev–Trinajstić information content (AvgIpc) is 2.55. The Morgan fingerprint density at radius 2 is 1.92 bits per heavy atom. The first-order valence-corrected chi connectivity index (χ1v) is 9.29. The number of sulfonamides is 1. The van der Waals surface area contributed by atoms with E-state index in [1.807, 2.05) is 0 Å². The lowest BCUT2D eigenvalue weighted by Crippen LogP contribution is -2.13. The summed E-state index contributed by atoms with van der Waals surface area (Å²) in [4.78, 5) is 22.5. The van der Waals surface area contributed by atoms with Crippen LogP contribution in [0.4, 0.5) is 17.1 Å². The van der Waals surface area contributed by atoms with Gasteiger partial charge in [0.2, 0.25) is 10.0 Å². The number of nitrogens with one attached hydrogen (secondary N) is 2. The predicted octanol–water partition coefficient (Wildman–Crippen LogP) is 2.88. The van der Waals surface area contributed by atoms with Gasteiger partial charge in [0, 0.05) is 23.4 Å². The third-order valence-corrected chi connectivity index (χ3v) is 4.07. The van der Waals surface area contributed by atoms with Crippen LogP contribution in [0.5, 0.6) is 5.75 Å². The van der Waals surface area contributed by atoms with Gasteiger partial charge in [-0.3, -0.25) is 19.6 Å². The Labute approximate surface area is 154 Å². The first-order valence-electron chi connectivity index (χ1n) is 7.02. The maximum atomic E-state index is 12.3. The molecule has 0 radical (unpaired) electrons. The summed E-state index contributed by atoms with van der Waals surface area (Å²) in [5.74, 6) is -0.411. The molecule has 138 valence electrons. The van der Waals surface area contributed by atoms with Gasteiger partial charge in [0.05, 0.1) is 24.0 Å². The second-order valence-electron chi connectivity index (χ2n) is 5.17. The van der Waals surface area contributed by atoms with E-state index in [0.717, 1.165) is 12.3 Å². The van der Waals surface area contributed by atoms with Crippen molar-refractivity contribution in [2.24, 2.45) is 0 Å². The highest BCUT2D eigenvalue weighted by Crippen LogP contribution is 2.29. The Morgan fingerprint density at radius 3 is 2.50 bits per heavy atom. The van der Waals surface area contributed by atoms with Crippen LogP contribution in [-0.2, 0) is 10.0 Å². The van der Waals surface area contributed by atoms with Crippen LogP contribution in [0.2, 0.25) is 5.02 Å². The van der Waals surface area contributed by atoms with Gasteiger partial charge >= 0.3 is 0 Å². The number of halogens is 1. The van der Waals surface area contributed by atoms with Gasteiger partial charge in [-0.1, -0.05) is 11.6 Å². The number of benzene rings is 2. The van der Waals surface area contributed by atoms with Gasteiger partial charge in [0.1, 0.15) is 10.8 Å². The van der Waals surface area contributed by atoms with E-state index in [1.54, 1.807) is 0 Å². The second-order valence-corrected chi connectivity index (χ2v) is 7.32. The van der Waals surface area contributed by atoms with E-state index in [2.05, 4.69) is 10.0 Å². The number of nitro benzene ring substituents is 1. The van der Waals surface area contributed by atoms with Crippen LogP contribution in [0.15, 0.2) is 36.4 Å². The van der Waals surface area contributed by atoms with Gasteiger partial charge in [-0.25, -0.2) is 8.42 Å². The van der Waals surface area contributed by atoms with Gasteiger partial charge in [0.25, 0.3) is 11.6 Å². The second kappa shape index (κ2) is 7.58. The maximum Gasteiger partial charge on any atom is 0.288 e. The van der Waals surface area contributed by atoms with Gasteiger partial charge < -0.3 is 10.1 Å². The third-order valence-electron chi connectivity index (χ3n) is 3.16. The Morgan fingerprint density at radius 1 is 1.23 bits per heavy atom. The number of carbonyl (C=O) groups is 1. The molecule has 0 heterocycles. The molecule has 0 aromatic heterocycles. The van der Waals surface area contributed by atoms with Gasteiger partial charge in [-0.05, 0) is 24.3 Å². The first-order chi connectivity index (χ1) is 12.1. The third kappa shape index (κ3) is 4.83. The van der Waals surface area contributed by atoms with E-state index in [0.29, 0.717) is 5.69 Å². The van der Waals surface area contributed by atoms with Crippen molar-refractivity contribution in [3.05, 3.63) is 57.1 Å². The SMILES string of the molecule is COc1cc(NC(=O)c2ccc(Cl)c([N+](=O)[O-])c2)ccc1NS(C)(=O)=O. The Hall–Kier alpha value is -2.85. The number of nitro groups is 1. The molecule has 0 saturated carbocycles. The van der Waals surface area contributed by atoms with Crippen LogP contribution in [0, 0.1) is 10.1 Å². The topological polar surface area (TPSA) is 128 Å². The van der Waals surface area contributed by atoms with Crippen LogP contribution in [0.3, 0.4) is 0 Å². The molecule has 0 fully saturated rings. The lowest BCUT2D eigenvalue weighted by molar-refractivity contribution is -0.384. The predicted molar refractivity (Wildman–Crippen MR) is 97.5 cm³/mol. The van der Waals surface area contributed by atoms with Crippen LogP contribution >= 0.6 is 11.6 Å². The summed E-state index contributed by atoms with van der Waals surface area (Å²) < 4.78 is 30.0. The zero-order valence-corrected chi connectivity index (χ0v) is 15.2. The molecule has 26 heavy (non-hydrogen) atoms. The van der Waals surface area contributed by atoms with E-state index in [9.17, 15) is 23.3 Å². The number of anilines is 2. The minimum absolute atomic E-state index is 0.0402. The number of carbonyl (C=O) groups excluding carboxylic acids is 1. The summed E-state index contributed by atoms with van der Waals surface area (Å²) in [6.07, 6.45) is 0.996. The zero-order valence-electron chi connectivity index (χ0n) is 13.6. The molecule has 0 saturated heterocycles. The molecule has 11 heteroatoms. The largest absolute Gasteiger partial charge is 0.494 e. The molecule has 0 aliphatic heterocycles. The van der Waals surface area contributed by atoms with Gasteiger partial charge in [-0.15, -0.1) is 0 Å². The van der Waals surface area contributed by atoms with Crippen molar-refractivity contribution in [1.29, 1.82) is 0 Å². The number of rotatable bonds is 6. The molecule has 0 aliphatic carbocycles. The molecule has 0 spiro atoms. The quantitative estimate of drug-likeness (QED) is 0.567. The Kier molecular flexibility index (Phi) is 5.68. The highest BCUT2D eigenvalue weighted by atomic mass is 35.5. The molecule has 2 aromatic carbocycles. The number of amides is 1. The summed E-state index contributed by atoms with van der Waals surface area (Å²) in [5.41, 5.74) is 0.168. The minimum atomic E-state index is -3.50. The van der Waals surface area contributed by atoms with E-state index < -0.39 is 20.9 Å². The zero-order chi connectivity index (χ0) is 19.5. The lowest BCUT2D eigenvalue weighted by atomic mass is 10.1. The van der Waals surface area contributed by atoms with Crippen molar-refractivity contribution in [2.75, 3.05) is 23.4 Å². The van der Waals surface area contributed by atoms with Crippen LogP contribution < -0.4 is 14.8 Å². The highest BCUT2D eigenvalue weighted by Gasteiger charge is 2.17. The molecule has 9 nitrogen and oxygen atoms in total. The van der Waals surface area contributed by atoms with Crippen molar-refractivity contribution < 1.29 is 22.9 Å². The molecule has 0 unspecified atom stereocenters. The fraction of sp³-hybridized carbons (Fsp3) is 0.133. The van der Waals surface area contributed by atoms with Crippen LogP contribution in [0.25, 0.3) is 0 Å². The fourth-order valence-electron chi connectivity index (χ4n) is 2.05. The molecule has 0 atom stereocenters. The van der Waals surface area contributed by atoms with Crippen molar-refractivity contribution >= 4 is 44.6 Å². The number of methoxy groups -OCH3 is 1. The summed E-state index contributed by atoms with van der Waals surface area (Å²) >= 11 is 5.72. The monoisotopic (exact) mass is 399 g/mol. The summed E-state index contributed by atoms with van der Waals surface area (Å²) in [6.45, 7) is 0. The normalized spacial score (nSPS) is 10.9. The number of ether oxygens (including phenoxy) is 1. The van der Waals surface area contributed by atoms with E-state index in [-0.39, 0.29) is 27.7 Å². The number of hydrogen-bond donors (Lipinski definition) is 2. The number of hydrogen-bond acceptors (Lipinski definition) is 6. The Balaban J connectivity index is 2.27. The van der Waals surface area contributed by atoms with Crippen molar-refractivity contribution in [3.63, 3.8) is 0 Å². The van der Waals surface area contributed by atoms with Crippen LogP contribution in [0.1, 0.15) is 10.4 Å². The minimum Gasteiger partial charge on any atom is -0.494 e. The van der Waals surface area contributed by atoms with E-state index in [1.165, 1.54) is 37.4 Å². The van der Waals surface area contributed by atoms with Gasteiger partial charge in [0.15, 0.2) is 0 Å². The molecular weight excluding hydrogens is 386 g/mol. The lowest BCUT2D eigenvalue weighted by Gasteiger charge is -2.12. The average molecular weight is 400 g/mol. The van der Waals surface area contributed by atoms with Crippen LogP contribution in [-0.4, -0.2) is 32.6 Å². The Bertz CT molecular complexity index is 977. The highest BCUT2D eigenvalue weighted by molar-refractivity contribution is 7.92. The molecule has 0 aliphatic rings. The number of nitrogens with zero attached hydrogens (tertiary/aromatic N) is 1. The molecule has 1 amide bonds. The standard InChI is InChI=1S/C15H14ClN3O6S/c1-25-14-8-10(4-6-12(14)18-26(2,23)24)17-15(20)9-3-5-11(16)13(7-9)19(21)22/h3-8,18H,1-2H3,(H,17,20). The molecule has 0 bridgehead atoms. The summed E-state index contributed by atoms with van der Waals surface area (Å²) in [5, 5.41) is 13.4. The molecular formula is C15H14ClN3O6S. The van der Waals surface area contributed by atoms with Crippen molar-refractivity contribution in [2.45, 2.75) is 0 Å². The van der Waals surface area contributed by atoms with Gasteiger partial charge in [-0.2, -0.15) is 0 Å². The summed E-state index contributed by atoms with van der Waals surface area (Å²) in [7, 11) is -2.16. The summed E-state index contributed by atoms with van der Waals surface area (Å²) in [6, 6.07) is 7.96. The van der Waals surface area contributed by atoms with E-state index >= 15 is 0 Å². The van der Waals surface area contributed by atoms with Crippen molar-refractivity contribution in [1.82, 2.24) is 0 Å².